The van der Waals surface area contributed by atoms with Crippen molar-refractivity contribution in [2.24, 2.45) is 27.9 Å². The third-order valence-corrected chi connectivity index (χ3v) is 8.03. The average Bonchev–Trinajstić information content (AvgIpc) is 2.78. The van der Waals surface area contributed by atoms with Gasteiger partial charge in [0.1, 0.15) is 17.7 Å². The Labute approximate surface area is 174 Å². The second-order valence-corrected chi connectivity index (χ2v) is 11.1. The first-order chi connectivity index (χ1) is 13.2. The van der Waals surface area contributed by atoms with Crippen LogP contribution in [-0.2, 0) is 14.3 Å². The van der Waals surface area contributed by atoms with Gasteiger partial charge in [-0.05, 0) is 56.8 Å². The van der Waals surface area contributed by atoms with Crippen LogP contribution in [0.4, 0.5) is 4.79 Å². The van der Waals surface area contributed by atoms with Crippen LogP contribution in [0.1, 0.15) is 74.1 Å². The van der Waals surface area contributed by atoms with Gasteiger partial charge in [0.05, 0.1) is 0 Å². The number of likely N-dealkylation sites (tertiary alicyclic amines) is 1. The molecule has 0 unspecified atom stereocenters. The van der Waals surface area contributed by atoms with Gasteiger partial charge in [-0.3, -0.25) is 9.59 Å². The quantitative estimate of drug-likeness (QED) is 0.748. The minimum Gasteiger partial charge on any atom is -0.444 e. The highest BCUT2D eigenvalue weighted by molar-refractivity contribution is 5.92. The number of ether oxygens (including phenoxy) is 1. The summed E-state index contributed by atoms with van der Waals surface area (Å²) in [5.41, 5.74) is 5.32. The number of amides is 3. The van der Waals surface area contributed by atoms with Crippen molar-refractivity contribution in [3.05, 3.63) is 0 Å². The second kappa shape index (κ2) is 6.61. The number of fused-ring (bicyclic) bond motifs is 1. The molecule has 1 aliphatic heterocycles. The maximum absolute atomic E-state index is 13.5. The normalized spacial score (nSPS) is 30.2. The summed E-state index contributed by atoms with van der Waals surface area (Å²) in [6, 6.07) is -1.38. The molecule has 3 rings (SSSR count). The highest BCUT2D eigenvalue weighted by atomic mass is 16.6. The molecule has 29 heavy (non-hydrogen) atoms. The summed E-state index contributed by atoms with van der Waals surface area (Å²) < 4.78 is 5.34. The molecule has 7 nitrogen and oxygen atoms in total. The smallest absolute Gasteiger partial charge is 0.408 e. The van der Waals surface area contributed by atoms with Gasteiger partial charge in [0.15, 0.2) is 0 Å². The number of carbonyl (C=O) groups is 3. The standard InChI is InChI=1S/C22H37N3O4/c1-13(2)15(24-18(28)29-19(3,4)5)17(27)25-12-22(11-14(25)16(23)26)20(6,7)21(22)9-8-10-21/h13-15H,8-12H2,1-7H3,(H2,23,26)(H,24,28)/t14-,15-,22+/m0/s1. The van der Waals surface area contributed by atoms with Crippen LogP contribution < -0.4 is 11.1 Å². The van der Waals surface area contributed by atoms with Gasteiger partial charge in [-0.25, -0.2) is 4.79 Å². The van der Waals surface area contributed by atoms with Crippen molar-refractivity contribution in [1.29, 1.82) is 0 Å². The Morgan fingerprint density at radius 3 is 2.10 bits per heavy atom. The zero-order valence-electron chi connectivity index (χ0n) is 18.9. The summed E-state index contributed by atoms with van der Waals surface area (Å²) in [6.07, 6.45) is 3.50. The molecule has 0 aromatic heterocycles. The molecule has 0 radical (unpaired) electrons. The van der Waals surface area contributed by atoms with Crippen molar-refractivity contribution in [2.75, 3.05) is 6.54 Å². The molecule has 0 aromatic carbocycles. The number of nitrogens with two attached hydrogens (primary N) is 1. The molecule has 0 bridgehead atoms. The first-order valence-electron chi connectivity index (χ1n) is 10.8. The van der Waals surface area contributed by atoms with E-state index in [0.29, 0.717) is 13.0 Å². The average molecular weight is 408 g/mol. The highest BCUT2D eigenvalue weighted by Crippen LogP contribution is 2.88. The fraction of sp³-hybridized carbons (Fsp3) is 0.864. The van der Waals surface area contributed by atoms with Gasteiger partial charge in [0.25, 0.3) is 0 Å². The van der Waals surface area contributed by atoms with Gasteiger partial charge < -0.3 is 20.7 Å². The lowest BCUT2D eigenvalue weighted by molar-refractivity contribution is -0.140. The van der Waals surface area contributed by atoms with E-state index in [1.807, 2.05) is 13.8 Å². The predicted molar refractivity (Wildman–Crippen MR) is 110 cm³/mol. The van der Waals surface area contributed by atoms with Crippen molar-refractivity contribution in [2.45, 2.75) is 91.8 Å². The Morgan fingerprint density at radius 2 is 1.72 bits per heavy atom. The molecular formula is C22H37N3O4. The Kier molecular flexibility index (Phi) is 4.99. The molecule has 3 aliphatic rings. The SMILES string of the molecule is CC(C)[C@H](NC(=O)OC(C)(C)C)C(=O)N1C[C@]2(C[C@H]1C(N)=O)C(C)(C)C21CCC1. The number of hydrogen-bond acceptors (Lipinski definition) is 4. The largest absolute Gasteiger partial charge is 0.444 e. The third kappa shape index (κ3) is 3.12. The fourth-order valence-electron chi connectivity index (χ4n) is 6.21. The Balaban J connectivity index is 1.82. The van der Waals surface area contributed by atoms with Crippen LogP contribution in [0.15, 0.2) is 0 Å². The number of rotatable bonds is 4. The summed E-state index contributed by atoms with van der Waals surface area (Å²) in [7, 11) is 0. The summed E-state index contributed by atoms with van der Waals surface area (Å²) in [5.74, 6) is -0.860. The monoisotopic (exact) mass is 407 g/mol. The number of primary amides is 1. The summed E-state index contributed by atoms with van der Waals surface area (Å²) in [5, 5.41) is 2.72. The molecule has 3 amide bonds. The lowest BCUT2D eigenvalue weighted by Crippen LogP contribution is -2.55. The lowest BCUT2D eigenvalue weighted by atomic mass is 9.73. The predicted octanol–water partition coefficient (Wildman–Crippen LogP) is 2.82. The van der Waals surface area contributed by atoms with Crippen LogP contribution in [0.3, 0.4) is 0 Å². The molecule has 2 saturated carbocycles. The van der Waals surface area contributed by atoms with E-state index in [0.717, 1.165) is 12.8 Å². The minimum absolute atomic E-state index is 0.0545. The molecule has 1 saturated heterocycles. The van der Waals surface area contributed by atoms with Gasteiger partial charge in [-0.2, -0.15) is 0 Å². The van der Waals surface area contributed by atoms with Crippen molar-refractivity contribution < 1.29 is 19.1 Å². The molecule has 3 fully saturated rings. The van der Waals surface area contributed by atoms with E-state index in [4.69, 9.17) is 10.5 Å². The topological polar surface area (TPSA) is 102 Å². The Bertz CT molecular complexity index is 720. The number of alkyl carbamates (subject to hydrolysis) is 1. The maximum Gasteiger partial charge on any atom is 0.408 e. The van der Waals surface area contributed by atoms with E-state index in [1.165, 1.54) is 6.42 Å². The molecule has 2 aliphatic carbocycles. The van der Waals surface area contributed by atoms with Crippen LogP contribution >= 0.6 is 0 Å². The molecule has 3 N–H and O–H groups in total. The van der Waals surface area contributed by atoms with Gasteiger partial charge in [0.2, 0.25) is 11.8 Å². The number of hydrogen-bond donors (Lipinski definition) is 2. The van der Waals surface area contributed by atoms with Crippen molar-refractivity contribution in [1.82, 2.24) is 10.2 Å². The fourth-order valence-corrected chi connectivity index (χ4v) is 6.21. The summed E-state index contributed by atoms with van der Waals surface area (Å²) >= 11 is 0. The van der Waals surface area contributed by atoms with Crippen LogP contribution in [0.5, 0.6) is 0 Å². The van der Waals surface area contributed by atoms with E-state index in [2.05, 4.69) is 19.2 Å². The van der Waals surface area contributed by atoms with Crippen molar-refractivity contribution in [3.63, 3.8) is 0 Å². The van der Waals surface area contributed by atoms with Gasteiger partial charge >= 0.3 is 6.09 Å². The Hall–Kier alpha value is -1.79. The van der Waals surface area contributed by atoms with Gasteiger partial charge in [0, 0.05) is 12.0 Å². The zero-order chi connectivity index (χ0) is 22.0. The zero-order valence-corrected chi connectivity index (χ0v) is 18.9. The summed E-state index contributed by atoms with van der Waals surface area (Å²) in [6.45, 7) is 14.1. The van der Waals surface area contributed by atoms with Crippen molar-refractivity contribution in [3.8, 4) is 0 Å². The van der Waals surface area contributed by atoms with E-state index in [1.54, 1.807) is 25.7 Å². The molecule has 3 atom stereocenters. The first-order valence-corrected chi connectivity index (χ1v) is 10.8. The molecule has 164 valence electrons. The van der Waals surface area contributed by atoms with Crippen LogP contribution in [0, 0.1) is 22.2 Å². The molecular weight excluding hydrogens is 370 g/mol. The lowest BCUT2D eigenvalue weighted by Gasteiger charge is -2.32. The number of carbonyl (C=O) groups excluding carboxylic acids is 3. The van der Waals surface area contributed by atoms with Crippen LogP contribution in [0.2, 0.25) is 0 Å². The maximum atomic E-state index is 13.5. The van der Waals surface area contributed by atoms with E-state index in [-0.39, 0.29) is 28.1 Å². The van der Waals surface area contributed by atoms with Crippen LogP contribution in [0.25, 0.3) is 0 Å². The third-order valence-electron chi connectivity index (χ3n) is 8.03. The Morgan fingerprint density at radius 1 is 1.14 bits per heavy atom. The van der Waals surface area contributed by atoms with Crippen LogP contribution in [-0.4, -0.2) is 47.0 Å². The highest BCUT2D eigenvalue weighted by Gasteiger charge is 2.85. The molecule has 1 heterocycles. The molecule has 0 aromatic rings. The van der Waals surface area contributed by atoms with Crippen molar-refractivity contribution >= 4 is 17.9 Å². The summed E-state index contributed by atoms with van der Waals surface area (Å²) in [4.78, 5) is 39.7. The van der Waals surface area contributed by atoms with Gasteiger partial charge in [-0.15, -0.1) is 0 Å². The van der Waals surface area contributed by atoms with Gasteiger partial charge in [-0.1, -0.05) is 34.1 Å². The number of nitrogens with zero attached hydrogens (tertiary/aromatic N) is 1. The number of nitrogens with one attached hydrogen (secondary N) is 1. The molecule has 7 heteroatoms. The first kappa shape index (κ1) is 21.9. The minimum atomic E-state index is -0.763. The molecule has 2 spiro atoms. The van der Waals surface area contributed by atoms with E-state index in [9.17, 15) is 14.4 Å². The second-order valence-electron chi connectivity index (χ2n) is 11.1. The van der Waals surface area contributed by atoms with E-state index < -0.39 is 29.7 Å². The van der Waals surface area contributed by atoms with E-state index >= 15 is 0 Å².